The summed E-state index contributed by atoms with van der Waals surface area (Å²) in [7, 11) is 0. The summed E-state index contributed by atoms with van der Waals surface area (Å²) in [5, 5.41) is 11.1. The van der Waals surface area contributed by atoms with Crippen LogP contribution in [0.5, 0.6) is 0 Å². The second-order valence-electron chi connectivity index (χ2n) is 8.36. The molecule has 1 heterocycles. The Morgan fingerprint density at radius 1 is 0.943 bits per heavy atom. The van der Waals surface area contributed by atoms with E-state index >= 15 is 0 Å². The topological polar surface area (TPSA) is 130 Å². The highest BCUT2D eigenvalue weighted by Gasteiger charge is 2.52. The number of anilines is 1. The van der Waals surface area contributed by atoms with Crippen molar-refractivity contribution in [2.24, 2.45) is 11.6 Å². The number of carbonyl (C=O) groups is 2. The van der Waals surface area contributed by atoms with Crippen LogP contribution in [0.25, 0.3) is 5.70 Å². The third-order valence-corrected chi connectivity index (χ3v) is 6.34. The number of carboxylic acids is 1. The fourth-order valence-corrected chi connectivity index (χ4v) is 4.53. The summed E-state index contributed by atoms with van der Waals surface area (Å²) < 4.78 is 0. The Balaban J connectivity index is 1.94. The maximum Gasteiger partial charge on any atom is 0.306 e. The maximum atomic E-state index is 14.3. The van der Waals surface area contributed by atoms with Crippen molar-refractivity contribution in [2.75, 3.05) is 11.6 Å². The highest BCUT2D eigenvalue weighted by atomic mass is 16.4. The summed E-state index contributed by atoms with van der Waals surface area (Å²) in [6.07, 6.45) is -0.174. The van der Waals surface area contributed by atoms with Crippen LogP contribution in [-0.2, 0) is 32.9 Å². The minimum Gasteiger partial charge on any atom is -0.481 e. The number of hydrogen-bond donors (Lipinski definition) is 3. The summed E-state index contributed by atoms with van der Waals surface area (Å²) in [5.41, 5.74) is 6.86. The van der Waals surface area contributed by atoms with E-state index < -0.39 is 23.8 Å². The van der Waals surface area contributed by atoms with E-state index in [1.165, 1.54) is 9.91 Å². The first-order valence-corrected chi connectivity index (χ1v) is 11.2. The fourth-order valence-electron chi connectivity index (χ4n) is 4.53. The molecule has 1 aliphatic heterocycles. The standard InChI is InChI=1S/C27H26N4O4/c28-17-20-10-12-21(13-11-20)27(16-25(33)34)26(35)30(15-14-19-6-2-1-3-7-19)24(18-32)22-8-4-5-9-23(22)31(27)29/h1-13H,14-17,28-29H2,(H,33,34). The Labute approximate surface area is 203 Å². The van der Waals surface area contributed by atoms with E-state index in [1.54, 1.807) is 48.5 Å². The van der Waals surface area contributed by atoms with Crippen LogP contribution in [0.2, 0.25) is 0 Å². The van der Waals surface area contributed by atoms with E-state index in [1.807, 2.05) is 36.3 Å². The van der Waals surface area contributed by atoms with Gasteiger partial charge in [0.05, 0.1) is 12.1 Å². The lowest BCUT2D eigenvalue weighted by atomic mass is 9.83. The van der Waals surface area contributed by atoms with Gasteiger partial charge in [0.1, 0.15) is 5.70 Å². The van der Waals surface area contributed by atoms with E-state index in [0.29, 0.717) is 23.2 Å². The number of rotatable bonds is 7. The lowest BCUT2D eigenvalue weighted by Gasteiger charge is -2.41. The molecule has 1 unspecified atom stereocenters. The number of carbonyl (C=O) groups excluding carboxylic acids is 2. The molecule has 1 atom stereocenters. The van der Waals surface area contributed by atoms with Gasteiger partial charge in [-0.3, -0.25) is 19.5 Å². The molecule has 0 fully saturated rings. The number of benzene rings is 3. The number of nitrogens with zero attached hydrogens (tertiary/aromatic N) is 2. The van der Waals surface area contributed by atoms with Crippen molar-refractivity contribution in [1.82, 2.24) is 4.90 Å². The van der Waals surface area contributed by atoms with Crippen molar-refractivity contribution in [3.05, 3.63) is 101 Å². The Bertz CT molecular complexity index is 1290. The number of fused-ring (bicyclic) bond motifs is 1. The molecule has 5 N–H and O–H groups in total. The Morgan fingerprint density at radius 3 is 2.23 bits per heavy atom. The molecule has 0 aromatic heterocycles. The molecule has 0 saturated heterocycles. The SMILES string of the molecule is NCc1ccc(C2(CC(=O)O)C(=O)N(CCc3ccccc3)C(=C=O)c3ccccc3N2N)cc1. The van der Waals surface area contributed by atoms with Crippen molar-refractivity contribution in [1.29, 1.82) is 0 Å². The first-order chi connectivity index (χ1) is 16.9. The van der Waals surface area contributed by atoms with Gasteiger partial charge in [0.15, 0.2) is 11.5 Å². The monoisotopic (exact) mass is 470 g/mol. The van der Waals surface area contributed by atoms with Gasteiger partial charge in [0.2, 0.25) is 0 Å². The van der Waals surface area contributed by atoms with Crippen molar-refractivity contribution in [3.63, 3.8) is 0 Å². The van der Waals surface area contributed by atoms with E-state index in [-0.39, 0.29) is 18.8 Å². The van der Waals surface area contributed by atoms with Crippen LogP contribution in [0.1, 0.15) is 28.7 Å². The summed E-state index contributed by atoms with van der Waals surface area (Å²) in [6, 6.07) is 23.1. The highest BCUT2D eigenvalue weighted by molar-refractivity contribution is 6.07. The number of aliphatic carboxylic acids is 1. The predicted molar refractivity (Wildman–Crippen MR) is 132 cm³/mol. The van der Waals surface area contributed by atoms with Gasteiger partial charge in [-0.1, -0.05) is 66.7 Å². The molecule has 0 spiro atoms. The molecular weight excluding hydrogens is 444 g/mol. The Hall–Kier alpha value is -4.23. The molecular formula is C27H26N4O4. The minimum absolute atomic E-state index is 0.0165. The van der Waals surface area contributed by atoms with Gasteiger partial charge in [-0.15, -0.1) is 0 Å². The molecule has 8 nitrogen and oxygen atoms in total. The number of amides is 1. The molecule has 0 saturated carbocycles. The van der Waals surface area contributed by atoms with Crippen LogP contribution in [-0.4, -0.2) is 34.4 Å². The lowest BCUT2D eigenvalue weighted by molar-refractivity contribution is -0.144. The normalized spacial score (nSPS) is 17.5. The molecule has 178 valence electrons. The molecule has 0 bridgehead atoms. The number of hydrogen-bond acceptors (Lipinski definition) is 6. The van der Waals surface area contributed by atoms with E-state index in [0.717, 1.165) is 11.1 Å². The van der Waals surface area contributed by atoms with Crippen molar-refractivity contribution < 1.29 is 19.5 Å². The maximum absolute atomic E-state index is 14.3. The molecule has 0 aliphatic carbocycles. The smallest absolute Gasteiger partial charge is 0.306 e. The molecule has 1 aliphatic rings. The molecule has 3 aromatic rings. The number of hydrazine groups is 1. The fraction of sp³-hybridized carbons (Fsp3) is 0.185. The molecule has 0 radical (unpaired) electrons. The largest absolute Gasteiger partial charge is 0.481 e. The number of carboxylic acid groups (broad SMARTS) is 1. The average Bonchev–Trinajstić information content (AvgIpc) is 2.96. The average molecular weight is 471 g/mol. The second-order valence-corrected chi connectivity index (χ2v) is 8.36. The molecule has 8 heteroatoms. The lowest BCUT2D eigenvalue weighted by Crippen LogP contribution is -2.60. The van der Waals surface area contributed by atoms with Gasteiger partial charge in [-0.25, -0.2) is 10.6 Å². The van der Waals surface area contributed by atoms with E-state index in [9.17, 15) is 19.5 Å². The van der Waals surface area contributed by atoms with Crippen LogP contribution >= 0.6 is 0 Å². The molecule has 35 heavy (non-hydrogen) atoms. The van der Waals surface area contributed by atoms with Crippen LogP contribution in [0.15, 0.2) is 78.9 Å². The first kappa shape index (κ1) is 23.9. The third kappa shape index (κ3) is 4.34. The van der Waals surface area contributed by atoms with Gasteiger partial charge < -0.3 is 10.8 Å². The van der Waals surface area contributed by atoms with Crippen molar-refractivity contribution >= 4 is 29.2 Å². The van der Waals surface area contributed by atoms with Gasteiger partial charge in [-0.05, 0) is 35.2 Å². The highest BCUT2D eigenvalue weighted by Crippen LogP contribution is 2.43. The minimum atomic E-state index is -1.82. The van der Waals surface area contributed by atoms with E-state index in [2.05, 4.69) is 0 Å². The van der Waals surface area contributed by atoms with Crippen LogP contribution in [0, 0.1) is 0 Å². The van der Waals surface area contributed by atoms with Crippen LogP contribution in [0.3, 0.4) is 0 Å². The summed E-state index contributed by atoms with van der Waals surface area (Å²) in [4.78, 5) is 40.1. The first-order valence-electron chi connectivity index (χ1n) is 11.2. The summed E-state index contributed by atoms with van der Waals surface area (Å²) in [6.45, 7) is 0.425. The molecule has 1 amide bonds. The predicted octanol–water partition coefficient (Wildman–Crippen LogP) is 2.45. The summed E-state index contributed by atoms with van der Waals surface area (Å²) >= 11 is 0. The van der Waals surface area contributed by atoms with Crippen molar-refractivity contribution in [3.8, 4) is 0 Å². The Morgan fingerprint density at radius 2 is 1.60 bits per heavy atom. The number of para-hydroxylation sites is 1. The second kappa shape index (κ2) is 9.95. The van der Waals surface area contributed by atoms with Gasteiger partial charge >= 0.3 is 5.97 Å². The summed E-state index contributed by atoms with van der Waals surface area (Å²) in [5.74, 6) is 6.70. The van der Waals surface area contributed by atoms with E-state index in [4.69, 9.17) is 11.6 Å². The third-order valence-electron chi connectivity index (χ3n) is 6.34. The molecule has 4 rings (SSSR count). The van der Waals surface area contributed by atoms with Gasteiger partial charge in [0, 0.05) is 18.7 Å². The zero-order valence-electron chi connectivity index (χ0n) is 19.1. The number of nitrogens with two attached hydrogens (primary N) is 2. The zero-order valence-corrected chi connectivity index (χ0v) is 19.1. The zero-order chi connectivity index (χ0) is 25.0. The van der Waals surface area contributed by atoms with Gasteiger partial charge in [-0.2, -0.15) is 0 Å². The Kier molecular flexibility index (Phi) is 6.80. The van der Waals surface area contributed by atoms with Gasteiger partial charge in [0.25, 0.3) is 5.91 Å². The quantitative estimate of drug-likeness (QED) is 0.357. The van der Waals surface area contributed by atoms with Crippen LogP contribution < -0.4 is 16.6 Å². The van der Waals surface area contributed by atoms with Crippen LogP contribution in [0.4, 0.5) is 5.69 Å². The van der Waals surface area contributed by atoms with Crippen molar-refractivity contribution in [2.45, 2.75) is 24.9 Å². The molecule has 3 aromatic carbocycles.